The number of ether oxygens (including phenoxy) is 2. The van der Waals surface area contributed by atoms with Crippen LogP contribution in [0.15, 0.2) is 73.1 Å². The molecule has 0 spiro atoms. The van der Waals surface area contributed by atoms with Crippen LogP contribution in [-0.2, 0) is 0 Å². The second kappa shape index (κ2) is 10.1. The van der Waals surface area contributed by atoms with Crippen molar-refractivity contribution in [3.05, 3.63) is 96.3 Å². The molecule has 4 rings (SSSR count). The van der Waals surface area contributed by atoms with Crippen LogP contribution in [-0.4, -0.2) is 9.97 Å². The van der Waals surface area contributed by atoms with Crippen LogP contribution in [0.1, 0.15) is 0 Å². The lowest BCUT2D eigenvalue weighted by Crippen LogP contribution is -1.91. The summed E-state index contributed by atoms with van der Waals surface area (Å²) >= 11 is 0. The summed E-state index contributed by atoms with van der Waals surface area (Å²) in [6, 6.07) is 12.9. The number of nitrogens with zero attached hydrogens (tertiary/aromatic N) is 2. The fourth-order valence-corrected chi connectivity index (χ4v) is 2.26. The van der Waals surface area contributed by atoms with E-state index in [9.17, 15) is 17.6 Å². The predicted octanol–water partition coefficient (Wildman–Crippen LogP) is 5.47. The normalized spacial score (nSPS) is 10.1. The highest BCUT2D eigenvalue weighted by molar-refractivity contribution is 5.36. The molecule has 0 aliphatic carbocycles. The largest absolute Gasteiger partial charge is 0.456 e. The van der Waals surface area contributed by atoms with E-state index >= 15 is 0 Å². The third kappa shape index (κ3) is 6.33. The predicted molar refractivity (Wildman–Crippen MR) is 110 cm³/mol. The molecule has 10 heteroatoms. The van der Waals surface area contributed by atoms with Crippen molar-refractivity contribution in [2.75, 3.05) is 11.5 Å². The van der Waals surface area contributed by atoms with Gasteiger partial charge >= 0.3 is 0 Å². The standard InChI is InChI=1S/2C11H8F2N2O/c2*12-9-3-1-7(5-10(9)13)16-8-2-4-11(14)15-6-8/h2*1-6H,(H2,14,15). The van der Waals surface area contributed by atoms with Crippen molar-refractivity contribution in [2.24, 2.45) is 0 Å². The number of nitrogen functional groups attached to an aromatic ring is 2. The zero-order chi connectivity index (χ0) is 23.1. The fraction of sp³-hybridized carbons (Fsp3) is 0. The van der Waals surface area contributed by atoms with Gasteiger partial charge in [0.1, 0.15) is 34.6 Å². The molecular weight excluding hydrogens is 428 g/mol. The molecule has 0 amide bonds. The van der Waals surface area contributed by atoms with Crippen molar-refractivity contribution in [2.45, 2.75) is 0 Å². The summed E-state index contributed by atoms with van der Waals surface area (Å²) in [5.41, 5.74) is 10.8. The number of aromatic nitrogens is 2. The highest BCUT2D eigenvalue weighted by Crippen LogP contribution is 2.23. The van der Waals surface area contributed by atoms with E-state index in [-0.39, 0.29) is 11.5 Å². The minimum Gasteiger partial charge on any atom is -0.456 e. The summed E-state index contributed by atoms with van der Waals surface area (Å²) in [7, 11) is 0. The molecule has 4 N–H and O–H groups in total. The SMILES string of the molecule is Nc1ccc(Oc2ccc(F)c(F)c2)cn1.Nc1ccc(Oc2ccc(F)c(F)c2)cn1. The van der Waals surface area contributed by atoms with Crippen LogP contribution in [0, 0.1) is 23.3 Å². The maximum absolute atomic E-state index is 12.9. The minimum absolute atomic E-state index is 0.200. The minimum atomic E-state index is -0.957. The molecule has 6 nitrogen and oxygen atoms in total. The molecule has 2 aromatic carbocycles. The van der Waals surface area contributed by atoms with Gasteiger partial charge in [-0.1, -0.05) is 0 Å². The Bertz CT molecular complexity index is 1090. The lowest BCUT2D eigenvalue weighted by Gasteiger charge is -2.05. The van der Waals surface area contributed by atoms with Crippen LogP contribution in [0.2, 0.25) is 0 Å². The zero-order valence-corrected chi connectivity index (χ0v) is 16.3. The molecule has 32 heavy (non-hydrogen) atoms. The monoisotopic (exact) mass is 444 g/mol. The van der Waals surface area contributed by atoms with Crippen LogP contribution >= 0.6 is 0 Å². The molecule has 0 saturated carbocycles. The smallest absolute Gasteiger partial charge is 0.162 e. The number of rotatable bonds is 4. The van der Waals surface area contributed by atoms with Gasteiger partial charge in [0.15, 0.2) is 23.3 Å². The first-order valence-electron chi connectivity index (χ1n) is 8.99. The van der Waals surface area contributed by atoms with E-state index in [0.29, 0.717) is 23.1 Å². The molecule has 0 unspecified atom stereocenters. The van der Waals surface area contributed by atoms with E-state index in [2.05, 4.69) is 9.97 Å². The van der Waals surface area contributed by atoms with Crippen LogP contribution < -0.4 is 20.9 Å². The van der Waals surface area contributed by atoms with Crippen LogP contribution in [0.4, 0.5) is 29.2 Å². The summed E-state index contributed by atoms with van der Waals surface area (Å²) in [5, 5.41) is 0. The van der Waals surface area contributed by atoms with Crippen molar-refractivity contribution in [1.29, 1.82) is 0 Å². The third-order valence-electron chi connectivity index (χ3n) is 3.77. The topological polar surface area (TPSA) is 96.3 Å². The zero-order valence-electron chi connectivity index (χ0n) is 16.3. The van der Waals surface area contributed by atoms with E-state index in [1.807, 2.05) is 0 Å². The molecule has 0 aliphatic heterocycles. The van der Waals surface area contributed by atoms with Gasteiger partial charge in [0.05, 0.1) is 12.4 Å². The Hall–Kier alpha value is -4.34. The lowest BCUT2D eigenvalue weighted by molar-refractivity contribution is 0.460. The van der Waals surface area contributed by atoms with E-state index < -0.39 is 23.3 Å². The molecule has 0 atom stereocenters. The molecule has 0 saturated heterocycles. The van der Waals surface area contributed by atoms with Gasteiger partial charge in [0.2, 0.25) is 0 Å². The first kappa shape index (κ1) is 22.3. The summed E-state index contributed by atoms with van der Waals surface area (Å²) < 4.78 is 61.5. The number of benzene rings is 2. The highest BCUT2D eigenvalue weighted by atomic mass is 19.2. The van der Waals surface area contributed by atoms with Crippen LogP contribution in [0.25, 0.3) is 0 Å². The van der Waals surface area contributed by atoms with E-state index in [0.717, 1.165) is 24.3 Å². The molecule has 0 bridgehead atoms. The average Bonchev–Trinajstić information content (AvgIpc) is 2.77. The number of nitrogens with two attached hydrogens (primary N) is 2. The average molecular weight is 444 g/mol. The van der Waals surface area contributed by atoms with Gasteiger partial charge in [-0.15, -0.1) is 0 Å². The summed E-state index contributed by atoms with van der Waals surface area (Å²) in [4.78, 5) is 7.60. The maximum atomic E-state index is 12.9. The van der Waals surface area contributed by atoms with Crippen LogP contribution in [0.3, 0.4) is 0 Å². The van der Waals surface area contributed by atoms with Gasteiger partial charge < -0.3 is 20.9 Å². The van der Waals surface area contributed by atoms with Crippen molar-refractivity contribution < 1.29 is 27.0 Å². The van der Waals surface area contributed by atoms with E-state index in [4.69, 9.17) is 20.9 Å². The molecular formula is C22H16F4N4O2. The van der Waals surface area contributed by atoms with Crippen LogP contribution in [0.5, 0.6) is 23.0 Å². The number of halogens is 4. The quantitative estimate of drug-likeness (QED) is 0.405. The van der Waals surface area contributed by atoms with Gasteiger partial charge in [-0.2, -0.15) is 0 Å². The summed E-state index contributed by atoms with van der Waals surface area (Å²) in [6.07, 6.45) is 2.80. The molecule has 4 aromatic rings. The Morgan fingerprint density at radius 1 is 0.500 bits per heavy atom. The van der Waals surface area contributed by atoms with E-state index in [1.54, 1.807) is 24.3 Å². The van der Waals surface area contributed by atoms with Gasteiger partial charge in [0.25, 0.3) is 0 Å². The second-order valence-corrected chi connectivity index (χ2v) is 6.19. The van der Waals surface area contributed by atoms with Gasteiger partial charge in [-0.25, -0.2) is 27.5 Å². The molecule has 0 aliphatic rings. The first-order valence-corrected chi connectivity index (χ1v) is 8.99. The molecule has 0 radical (unpaired) electrons. The Morgan fingerprint density at radius 3 is 1.19 bits per heavy atom. The molecule has 164 valence electrons. The van der Waals surface area contributed by atoms with Crippen molar-refractivity contribution in [3.63, 3.8) is 0 Å². The first-order chi connectivity index (χ1) is 15.3. The number of hydrogen-bond donors (Lipinski definition) is 2. The fourth-order valence-electron chi connectivity index (χ4n) is 2.26. The number of pyridine rings is 2. The highest BCUT2D eigenvalue weighted by Gasteiger charge is 2.05. The Balaban J connectivity index is 0.000000181. The van der Waals surface area contributed by atoms with Crippen molar-refractivity contribution >= 4 is 11.6 Å². The van der Waals surface area contributed by atoms with Gasteiger partial charge in [-0.05, 0) is 48.5 Å². The number of anilines is 2. The van der Waals surface area contributed by atoms with Gasteiger partial charge in [0, 0.05) is 12.1 Å². The molecule has 0 fully saturated rings. The van der Waals surface area contributed by atoms with Crippen molar-refractivity contribution in [1.82, 2.24) is 9.97 Å². The van der Waals surface area contributed by atoms with E-state index in [1.165, 1.54) is 24.5 Å². The van der Waals surface area contributed by atoms with Crippen molar-refractivity contribution in [3.8, 4) is 23.0 Å². The Kier molecular flexibility index (Phi) is 7.06. The summed E-state index contributed by atoms with van der Waals surface area (Å²) in [5.74, 6) is -1.82. The molecule has 2 heterocycles. The van der Waals surface area contributed by atoms with Gasteiger partial charge in [-0.3, -0.25) is 0 Å². The third-order valence-corrected chi connectivity index (χ3v) is 3.77. The number of hydrogen-bond acceptors (Lipinski definition) is 6. The summed E-state index contributed by atoms with van der Waals surface area (Å²) in [6.45, 7) is 0. The molecule has 2 aromatic heterocycles. The maximum Gasteiger partial charge on any atom is 0.162 e. The lowest BCUT2D eigenvalue weighted by atomic mass is 10.3. The Labute approximate surface area is 180 Å². The Morgan fingerprint density at radius 2 is 0.875 bits per heavy atom. The second-order valence-electron chi connectivity index (χ2n) is 6.19.